The van der Waals surface area contributed by atoms with Crippen LogP contribution in [0.15, 0.2) is 18.3 Å². The topological polar surface area (TPSA) is 39.9 Å². The highest BCUT2D eigenvalue weighted by Crippen LogP contribution is 2.56. The third-order valence-corrected chi connectivity index (χ3v) is 4.90. The summed E-state index contributed by atoms with van der Waals surface area (Å²) in [7, 11) is 0. The Morgan fingerprint density at radius 1 is 1.33 bits per heavy atom. The lowest BCUT2D eigenvalue weighted by Crippen LogP contribution is -2.56. The fourth-order valence-electron chi connectivity index (χ4n) is 3.67. The number of nitrogens with zero attached hydrogens (tertiary/aromatic N) is 3. The van der Waals surface area contributed by atoms with E-state index in [4.69, 9.17) is 5.26 Å². The second-order valence-corrected chi connectivity index (χ2v) is 6.03. The van der Waals surface area contributed by atoms with Gasteiger partial charge in [-0.3, -0.25) is 0 Å². The summed E-state index contributed by atoms with van der Waals surface area (Å²) in [6, 6.07) is 5.32. The normalized spacial score (nSPS) is 24.5. The SMILES string of the molecule is N#Cc1ccc(N2CC[C@H](C(F)(F)F)C3(CCC3)C2)cn1. The largest absolute Gasteiger partial charge is 0.392 e. The van der Waals surface area contributed by atoms with Crippen molar-refractivity contribution in [2.45, 2.75) is 31.9 Å². The van der Waals surface area contributed by atoms with E-state index in [2.05, 4.69) is 4.98 Å². The average Bonchev–Trinajstić information content (AvgIpc) is 2.44. The highest BCUT2D eigenvalue weighted by atomic mass is 19.4. The first-order valence-electron chi connectivity index (χ1n) is 7.12. The van der Waals surface area contributed by atoms with Gasteiger partial charge in [-0.25, -0.2) is 4.98 Å². The molecule has 0 amide bonds. The molecule has 2 fully saturated rings. The number of rotatable bonds is 1. The van der Waals surface area contributed by atoms with Crippen LogP contribution in [0, 0.1) is 22.7 Å². The minimum atomic E-state index is -4.10. The average molecular weight is 295 g/mol. The molecule has 0 unspecified atom stereocenters. The summed E-state index contributed by atoms with van der Waals surface area (Å²) >= 11 is 0. The first-order valence-corrected chi connectivity index (χ1v) is 7.12. The summed E-state index contributed by atoms with van der Waals surface area (Å²) in [5.74, 6) is -1.18. The molecule has 3 nitrogen and oxygen atoms in total. The van der Waals surface area contributed by atoms with Gasteiger partial charge in [-0.05, 0) is 36.8 Å². The van der Waals surface area contributed by atoms with Crippen molar-refractivity contribution in [2.24, 2.45) is 11.3 Å². The van der Waals surface area contributed by atoms with Gasteiger partial charge in [0, 0.05) is 13.1 Å². The fourth-order valence-corrected chi connectivity index (χ4v) is 3.67. The third kappa shape index (κ3) is 2.45. The van der Waals surface area contributed by atoms with Crippen molar-refractivity contribution in [3.8, 4) is 6.07 Å². The van der Waals surface area contributed by atoms with Gasteiger partial charge in [0.15, 0.2) is 0 Å². The van der Waals surface area contributed by atoms with Crippen LogP contribution < -0.4 is 4.90 Å². The summed E-state index contributed by atoms with van der Waals surface area (Å²) in [6.45, 7) is 0.824. The van der Waals surface area contributed by atoms with Gasteiger partial charge in [0.05, 0.1) is 17.8 Å². The summed E-state index contributed by atoms with van der Waals surface area (Å²) in [6.07, 6.45) is -0.196. The molecule has 1 saturated carbocycles. The molecule has 0 aromatic carbocycles. The number of nitriles is 1. The van der Waals surface area contributed by atoms with Crippen molar-refractivity contribution in [1.29, 1.82) is 5.26 Å². The number of hydrogen-bond acceptors (Lipinski definition) is 3. The van der Waals surface area contributed by atoms with E-state index in [1.807, 2.05) is 11.0 Å². The van der Waals surface area contributed by atoms with Gasteiger partial charge in [0.1, 0.15) is 11.8 Å². The van der Waals surface area contributed by atoms with E-state index < -0.39 is 17.5 Å². The minimum absolute atomic E-state index is 0.142. The zero-order chi connectivity index (χ0) is 15.1. The van der Waals surface area contributed by atoms with Crippen molar-refractivity contribution in [3.05, 3.63) is 24.0 Å². The number of halogens is 3. The Kier molecular flexibility index (Phi) is 3.31. The van der Waals surface area contributed by atoms with Gasteiger partial charge in [0.2, 0.25) is 0 Å². The molecule has 112 valence electrons. The van der Waals surface area contributed by atoms with E-state index in [0.717, 1.165) is 12.1 Å². The predicted octanol–water partition coefficient (Wildman–Crippen LogP) is 3.51. The van der Waals surface area contributed by atoms with Crippen molar-refractivity contribution < 1.29 is 13.2 Å². The number of aromatic nitrogens is 1. The first kappa shape index (κ1) is 14.2. The number of piperidine rings is 1. The van der Waals surface area contributed by atoms with E-state index in [1.54, 1.807) is 18.3 Å². The third-order valence-electron chi connectivity index (χ3n) is 4.90. The Morgan fingerprint density at radius 2 is 2.10 bits per heavy atom. The van der Waals surface area contributed by atoms with Gasteiger partial charge < -0.3 is 4.90 Å². The van der Waals surface area contributed by atoms with Gasteiger partial charge in [-0.2, -0.15) is 18.4 Å². The minimum Gasteiger partial charge on any atom is -0.370 e. The number of hydrogen-bond donors (Lipinski definition) is 0. The first-order chi connectivity index (χ1) is 9.94. The molecule has 1 aliphatic heterocycles. The van der Waals surface area contributed by atoms with Crippen LogP contribution in [0.1, 0.15) is 31.4 Å². The zero-order valence-corrected chi connectivity index (χ0v) is 11.5. The van der Waals surface area contributed by atoms with Crippen LogP contribution in [0.2, 0.25) is 0 Å². The van der Waals surface area contributed by atoms with Gasteiger partial charge in [0.25, 0.3) is 0 Å². The monoisotopic (exact) mass is 295 g/mol. The van der Waals surface area contributed by atoms with Crippen LogP contribution in [0.25, 0.3) is 0 Å². The van der Waals surface area contributed by atoms with E-state index in [9.17, 15) is 13.2 Å². The van der Waals surface area contributed by atoms with Crippen molar-refractivity contribution in [2.75, 3.05) is 18.0 Å². The molecule has 1 saturated heterocycles. The molecule has 2 heterocycles. The maximum absolute atomic E-state index is 13.2. The summed E-state index contributed by atoms with van der Waals surface area (Å²) < 4.78 is 39.7. The van der Waals surface area contributed by atoms with Crippen molar-refractivity contribution >= 4 is 5.69 Å². The predicted molar refractivity (Wildman–Crippen MR) is 71.6 cm³/mol. The highest BCUT2D eigenvalue weighted by Gasteiger charge is 2.58. The Labute approximate surface area is 121 Å². The quantitative estimate of drug-likeness (QED) is 0.796. The molecule has 21 heavy (non-hydrogen) atoms. The van der Waals surface area contributed by atoms with E-state index in [0.29, 0.717) is 31.6 Å². The smallest absolute Gasteiger partial charge is 0.370 e. The molecule has 0 radical (unpaired) electrons. The molecule has 1 aromatic rings. The number of anilines is 1. The van der Waals surface area contributed by atoms with Crippen LogP contribution in [-0.4, -0.2) is 24.2 Å². The fraction of sp³-hybridized carbons (Fsp3) is 0.600. The molecule has 1 aromatic heterocycles. The molecule has 2 aliphatic rings. The molecular formula is C15H16F3N3. The van der Waals surface area contributed by atoms with Crippen molar-refractivity contribution in [3.63, 3.8) is 0 Å². The van der Waals surface area contributed by atoms with Gasteiger partial charge >= 0.3 is 6.18 Å². The maximum atomic E-state index is 13.2. The lowest BCUT2D eigenvalue weighted by atomic mass is 9.58. The standard InChI is InChI=1S/C15H16F3N3/c16-15(17,18)13-4-7-21(10-14(13)5-1-6-14)12-3-2-11(8-19)20-9-12/h2-3,9,13H,1,4-7,10H2/t13-/m0/s1. The molecule has 0 N–H and O–H groups in total. The van der Waals surface area contributed by atoms with E-state index in [1.165, 1.54) is 0 Å². The molecule has 1 atom stereocenters. The second-order valence-electron chi connectivity index (χ2n) is 6.03. The molecule has 1 aliphatic carbocycles. The van der Waals surface area contributed by atoms with Gasteiger partial charge in [-0.1, -0.05) is 6.42 Å². The zero-order valence-electron chi connectivity index (χ0n) is 11.5. The molecule has 0 bridgehead atoms. The Hall–Kier alpha value is -1.77. The molecule has 3 rings (SSSR count). The summed E-state index contributed by atoms with van der Waals surface area (Å²) in [5.41, 5.74) is 0.507. The molecule has 6 heteroatoms. The summed E-state index contributed by atoms with van der Waals surface area (Å²) in [5, 5.41) is 8.74. The van der Waals surface area contributed by atoms with Gasteiger partial charge in [-0.15, -0.1) is 0 Å². The number of pyridine rings is 1. The Bertz CT molecular complexity index is 555. The van der Waals surface area contributed by atoms with Crippen LogP contribution >= 0.6 is 0 Å². The summed E-state index contributed by atoms with van der Waals surface area (Å²) in [4.78, 5) is 5.99. The Balaban J connectivity index is 1.80. The van der Waals surface area contributed by atoms with E-state index in [-0.39, 0.29) is 6.42 Å². The van der Waals surface area contributed by atoms with Crippen LogP contribution in [0.5, 0.6) is 0 Å². The van der Waals surface area contributed by atoms with E-state index >= 15 is 0 Å². The van der Waals surface area contributed by atoms with Crippen LogP contribution in [-0.2, 0) is 0 Å². The molecular weight excluding hydrogens is 279 g/mol. The second kappa shape index (κ2) is 4.90. The van der Waals surface area contributed by atoms with Crippen molar-refractivity contribution in [1.82, 2.24) is 4.98 Å². The van der Waals surface area contributed by atoms with Crippen LogP contribution in [0.3, 0.4) is 0 Å². The lowest BCUT2D eigenvalue weighted by molar-refractivity contribution is -0.225. The Morgan fingerprint density at radius 3 is 2.57 bits per heavy atom. The highest BCUT2D eigenvalue weighted by molar-refractivity contribution is 5.47. The maximum Gasteiger partial charge on any atom is 0.392 e. The number of alkyl halides is 3. The molecule has 1 spiro atoms. The van der Waals surface area contributed by atoms with Crippen LogP contribution in [0.4, 0.5) is 18.9 Å². The lowest BCUT2D eigenvalue weighted by Gasteiger charge is -2.54.